The van der Waals surface area contributed by atoms with Gasteiger partial charge in [-0.25, -0.2) is 0 Å². The molecular weight excluding hydrogens is 206 g/mol. The van der Waals surface area contributed by atoms with Crippen LogP contribution in [-0.4, -0.2) is 19.7 Å². The topological polar surface area (TPSA) is 21.3 Å². The summed E-state index contributed by atoms with van der Waals surface area (Å²) in [4.78, 5) is 1.39. The Morgan fingerprint density at radius 1 is 1.60 bits per heavy atom. The van der Waals surface area contributed by atoms with E-state index in [9.17, 15) is 0 Å². The van der Waals surface area contributed by atoms with Gasteiger partial charge in [0.15, 0.2) is 0 Å². The standard InChI is InChI=1S/C12H19NOS/c1-2-13-9-10-5-3-7-14-12(10)11-6-4-8-15-11/h4,6,8,10,12-13H,2-3,5,7,9H2,1H3. The van der Waals surface area contributed by atoms with Gasteiger partial charge in [-0.05, 0) is 30.8 Å². The molecule has 1 aromatic heterocycles. The zero-order valence-electron chi connectivity index (χ0n) is 9.24. The summed E-state index contributed by atoms with van der Waals surface area (Å²) in [5.41, 5.74) is 0. The first kappa shape index (κ1) is 11.1. The summed E-state index contributed by atoms with van der Waals surface area (Å²) in [6, 6.07) is 4.31. The van der Waals surface area contributed by atoms with Crippen LogP contribution in [-0.2, 0) is 4.74 Å². The average molecular weight is 225 g/mol. The summed E-state index contributed by atoms with van der Waals surface area (Å²) < 4.78 is 5.90. The summed E-state index contributed by atoms with van der Waals surface area (Å²) in [6.07, 6.45) is 2.82. The molecule has 0 spiro atoms. The molecule has 2 atom stereocenters. The number of ether oxygens (including phenoxy) is 1. The maximum atomic E-state index is 5.90. The van der Waals surface area contributed by atoms with Crippen LogP contribution in [0.15, 0.2) is 17.5 Å². The second-order valence-electron chi connectivity index (χ2n) is 4.02. The summed E-state index contributed by atoms with van der Waals surface area (Å²) in [6.45, 7) is 5.21. The zero-order chi connectivity index (χ0) is 10.5. The molecule has 1 N–H and O–H groups in total. The third-order valence-corrected chi connectivity index (χ3v) is 3.86. The van der Waals surface area contributed by atoms with Gasteiger partial charge in [-0.1, -0.05) is 13.0 Å². The lowest BCUT2D eigenvalue weighted by Crippen LogP contribution is -2.31. The molecule has 84 valence electrons. The molecule has 1 saturated heterocycles. The Morgan fingerprint density at radius 2 is 2.53 bits per heavy atom. The first-order chi connectivity index (χ1) is 7.42. The summed E-state index contributed by atoms with van der Waals surface area (Å²) in [7, 11) is 0. The predicted octanol–water partition coefficient (Wildman–Crippen LogP) is 2.83. The van der Waals surface area contributed by atoms with Crippen molar-refractivity contribution in [2.75, 3.05) is 19.7 Å². The van der Waals surface area contributed by atoms with E-state index in [2.05, 4.69) is 29.8 Å². The monoisotopic (exact) mass is 225 g/mol. The SMILES string of the molecule is CCNCC1CCCOC1c1cccs1. The van der Waals surface area contributed by atoms with Gasteiger partial charge in [0.05, 0.1) is 6.10 Å². The lowest BCUT2D eigenvalue weighted by Gasteiger charge is -2.31. The van der Waals surface area contributed by atoms with Crippen molar-refractivity contribution in [1.82, 2.24) is 5.32 Å². The Morgan fingerprint density at radius 3 is 3.27 bits per heavy atom. The van der Waals surface area contributed by atoms with Crippen molar-refractivity contribution in [1.29, 1.82) is 0 Å². The average Bonchev–Trinajstić information content (AvgIpc) is 2.80. The van der Waals surface area contributed by atoms with Gasteiger partial charge in [0, 0.05) is 23.9 Å². The number of hydrogen-bond donors (Lipinski definition) is 1. The van der Waals surface area contributed by atoms with Gasteiger partial charge < -0.3 is 10.1 Å². The normalized spacial score (nSPS) is 26.7. The van der Waals surface area contributed by atoms with Crippen LogP contribution in [0.4, 0.5) is 0 Å². The number of nitrogens with one attached hydrogen (secondary N) is 1. The molecule has 0 aromatic carbocycles. The largest absolute Gasteiger partial charge is 0.372 e. The summed E-state index contributed by atoms with van der Waals surface area (Å²) >= 11 is 1.81. The third-order valence-electron chi connectivity index (χ3n) is 2.92. The van der Waals surface area contributed by atoms with E-state index in [0.29, 0.717) is 12.0 Å². The van der Waals surface area contributed by atoms with Gasteiger partial charge in [0.25, 0.3) is 0 Å². The predicted molar refractivity (Wildman–Crippen MR) is 64.3 cm³/mol. The molecule has 1 fully saturated rings. The van der Waals surface area contributed by atoms with E-state index in [1.807, 2.05) is 11.3 Å². The van der Waals surface area contributed by atoms with Crippen molar-refractivity contribution in [2.24, 2.45) is 5.92 Å². The molecule has 1 aromatic rings. The smallest absolute Gasteiger partial charge is 0.0956 e. The highest BCUT2D eigenvalue weighted by Crippen LogP contribution is 2.35. The van der Waals surface area contributed by atoms with Gasteiger partial charge in [-0.3, -0.25) is 0 Å². The minimum absolute atomic E-state index is 0.331. The summed E-state index contributed by atoms with van der Waals surface area (Å²) in [5, 5.41) is 5.57. The number of rotatable bonds is 4. The Labute approximate surface area is 95.6 Å². The molecule has 1 aliphatic heterocycles. The highest BCUT2D eigenvalue weighted by atomic mass is 32.1. The van der Waals surface area contributed by atoms with Crippen LogP contribution in [0.25, 0.3) is 0 Å². The lowest BCUT2D eigenvalue weighted by molar-refractivity contribution is -0.0254. The molecule has 3 heteroatoms. The van der Waals surface area contributed by atoms with Crippen LogP contribution >= 0.6 is 11.3 Å². The van der Waals surface area contributed by atoms with Gasteiger partial charge in [0.1, 0.15) is 0 Å². The molecular formula is C12H19NOS. The van der Waals surface area contributed by atoms with E-state index in [-0.39, 0.29) is 0 Å². The van der Waals surface area contributed by atoms with Crippen LogP contribution in [0, 0.1) is 5.92 Å². The Bertz CT molecular complexity index is 273. The molecule has 0 saturated carbocycles. The Kier molecular flexibility index (Phi) is 4.18. The first-order valence-electron chi connectivity index (χ1n) is 5.77. The maximum absolute atomic E-state index is 5.90. The van der Waals surface area contributed by atoms with Crippen LogP contribution in [0.3, 0.4) is 0 Å². The highest BCUT2D eigenvalue weighted by molar-refractivity contribution is 7.10. The third kappa shape index (κ3) is 2.80. The first-order valence-corrected chi connectivity index (χ1v) is 6.65. The molecule has 0 amide bonds. The van der Waals surface area contributed by atoms with E-state index in [1.54, 1.807) is 0 Å². The van der Waals surface area contributed by atoms with Gasteiger partial charge in [-0.2, -0.15) is 0 Å². The molecule has 0 radical (unpaired) electrons. The van der Waals surface area contributed by atoms with E-state index >= 15 is 0 Å². The van der Waals surface area contributed by atoms with Crippen LogP contribution < -0.4 is 5.32 Å². The van der Waals surface area contributed by atoms with Gasteiger partial charge in [0.2, 0.25) is 0 Å². The lowest BCUT2D eigenvalue weighted by atomic mass is 9.93. The second kappa shape index (κ2) is 5.64. The van der Waals surface area contributed by atoms with Gasteiger partial charge >= 0.3 is 0 Å². The van der Waals surface area contributed by atoms with Gasteiger partial charge in [-0.15, -0.1) is 11.3 Å². The van der Waals surface area contributed by atoms with Crippen molar-refractivity contribution in [3.05, 3.63) is 22.4 Å². The minimum Gasteiger partial charge on any atom is -0.372 e. The minimum atomic E-state index is 0.331. The fraction of sp³-hybridized carbons (Fsp3) is 0.667. The molecule has 15 heavy (non-hydrogen) atoms. The molecule has 0 aliphatic carbocycles. The van der Waals surface area contributed by atoms with Crippen LogP contribution in [0.5, 0.6) is 0 Å². The van der Waals surface area contributed by atoms with Crippen molar-refractivity contribution < 1.29 is 4.74 Å². The summed E-state index contributed by atoms with van der Waals surface area (Å²) in [5.74, 6) is 0.650. The van der Waals surface area contributed by atoms with E-state index < -0.39 is 0 Å². The Balaban J connectivity index is 1.99. The van der Waals surface area contributed by atoms with E-state index in [0.717, 1.165) is 19.7 Å². The molecule has 1 aliphatic rings. The van der Waals surface area contributed by atoms with Crippen LogP contribution in [0.1, 0.15) is 30.7 Å². The van der Waals surface area contributed by atoms with Crippen molar-refractivity contribution >= 4 is 11.3 Å². The van der Waals surface area contributed by atoms with Crippen LogP contribution in [0.2, 0.25) is 0 Å². The fourth-order valence-corrected chi connectivity index (χ4v) is 3.02. The fourth-order valence-electron chi connectivity index (χ4n) is 2.15. The maximum Gasteiger partial charge on any atom is 0.0956 e. The zero-order valence-corrected chi connectivity index (χ0v) is 10.1. The Hall–Kier alpha value is -0.380. The van der Waals surface area contributed by atoms with E-state index in [4.69, 9.17) is 4.74 Å². The molecule has 0 bridgehead atoms. The molecule has 2 rings (SSSR count). The number of hydrogen-bond acceptors (Lipinski definition) is 3. The van der Waals surface area contributed by atoms with Crippen molar-refractivity contribution in [3.63, 3.8) is 0 Å². The highest BCUT2D eigenvalue weighted by Gasteiger charge is 2.27. The van der Waals surface area contributed by atoms with Crippen molar-refractivity contribution in [3.8, 4) is 0 Å². The molecule has 2 unspecified atom stereocenters. The van der Waals surface area contributed by atoms with Crippen molar-refractivity contribution in [2.45, 2.75) is 25.9 Å². The second-order valence-corrected chi connectivity index (χ2v) is 5.00. The number of thiophene rings is 1. The molecule has 2 heterocycles. The quantitative estimate of drug-likeness (QED) is 0.851. The molecule has 2 nitrogen and oxygen atoms in total. The van der Waals surface area contributed by atoms with E-state index in [1.165, 1.54) is 17.7 Å².